The molecule has 2 atom stereocenters. The van der Waals surface area contributed by atoms with Crippen LogP contribution >= 0.6 is 12.2 Å². The van der Waals surface area contributed by atoms with E-state index in [1.807, 2.05) is 24.4 Å². The van der Waals surface area contributed by atoms with Crippen molar-refractivity contribution < 1.29 is 0 Å². The van der Waals surface area contributed by atoms with Gasteiger partial charge in [0.05, 0.1) is 17.8 Å². The average molecular weight is 363 g/mol. The minimum atomic E-state index is 0.0573. The number of para-hydroxylation sites is 1. The third-order valence-corrected chi connectivity index (χ3v) is 5.13. The highest BCUT2D eigenvalue weighted by Crippen LogP contribution is 2.38. The molecule has 0 amide bonds. The zero-order chi connectivity index (χ0) is 17.9. The highest BCUT2D eigenvalue weighted by molar-refractivity contribution is 7.80. The number of rotatable bonds is 5. The van der Waals surface area contributed by atoms with Gasteiger partial charge in [0, 0.05) is 30.8 Å². The number of aromatic nitrogens is 2. The maximum atomic E-state index is 5.64. The molecule has 3 aromatic rings. The van der Waals surface area contributed by atoms with Crippen LogP contribution in [0.15, 0.2) is 73.2 Å². The van der Waals surface area contributed by atoms with Gasteiger partial charge in [0.15, 0.2) is 5.11 Å². The standard InChI is InChI=1S/C21H22N4S/c1-2-13-25-20(19(23-21(25)26)18-10-6-7-12-22-18)16-11-14-24(15-16)17-8-4-3-5-9-17/h3-12,14-15,19-20H,2,13H2,1H3,(H,23,26)/t19-,20-/m0/s1. The van der Waals surface area contributed by atoms with Crippen LogP contribution in [0.5, 0.6) is 0 Å². The molecule has 4 nitrogen and oxygen atoms in total. The Bertz CT molecular complexity index is 875. The average Bonchev–Trinajstić information content (AvgIpc) is 3.29. The van der Waals surface area contributed by atoms with Crippen LogP contribution in [0.2, 0.25) is 0 Å². The first-order valence-electron chi connectivity index (χ1n) is 8.99. The summed E-state index contributed by atoms with van der Waals surface area (Å²) < 4.78 is 2.16. The summed E-state index contributed by atoms with van der Waals surface area (Å²) in [6.07, 6.45) is 7.21. The molecule has 132 valence electrons. The number of hydrogen-bond acceptors (Lipinski definition) is 2. The van der Waals surface area contributed by atoms with Crippen molar-refractivity contribution in [2.75, 3.05) is 6.54 Å². The fourth-order valence-electron chi connectivity index (χ4n) is 3.60. The van der Waals surface area contributed by atoms with Gasteiger partial charge in [-0.25, -0.2) is 0 Å². The minimum Gasteiger partial charge on any atom is -0.352 e. The molecule has 4 rings (SSSR count). The summed E-state index contributed by atoms with van der Waals surface area (Å²) in [5, 5.41) is 4.29. The molecule has 1 aromatic carbocycles. The molecule has 0 aliphatic carbocycles. The summed E-state index contributed by atoms with van der Waals surface area (Å²) in [5.41, 5.74) is 3.42. The maximum absolute atomic E-state index is 5.64. The van der Waals surface area contributed by atoms with Gasteiger partial charge in [-0.2, -0.15) is 0 Å². The summed E-state index contributed by atoms with van der Waals surface area (Å²) in [6.45, 7) is 3.11. The van der Waals surface area contributed by atoms with Crippen LogP contribution in [0, 0.1) is 0 Å². The van der Waals surface area contributed by atoms with Gasteiger partial charge in [0.25, 0.3) is 0 Å². The monoisotopic (exact) mass is 362 g/mol. The van der Waals surface area contributed by atoms with Crippen LogP contribution in [-0.2, 0) is 0 Å². The van der Waals surface area contributed by atoms with Gasteiger partial charge in [0.2, 0.25) is 0 Å². The lowest BCUT2D eigenvalue weighted by atomic mass is 9.99. The van der Waals surface area contributed by atoms with E-state index >= 15 is 0 Å². The van der Waals surface area contributed by atoms with Crippen molar-refractivity contribution in [2.24, 2.45) is 0 Å². The molecule has 1 N–H and O–H groups in total. The van der Waals surface area contributed by atoms with Crippen molar-refractivity contribution >= 4 is 17.3 Å². The first kappa shape index (κ1) is 16.8. The highest BCUT2D eigenvalue weighted by Gasteiger charge is 2.39. The van der Waals surface area contributed by atoms with Crippen molar-refractivity contribution in [3.8, 4) is 5.69 Å². The van der Waals surface area contributed by atoms with E-state index < -0.39 is 0 Å². The Kier molecular flexibility index (Phi) is 4.71. The first-order chi connectivity index (χ1) is 12.8. The number of pyridine rings is 1. The Labute approximate surface area is 159 Å². The predicted octanol–water partition coefficient (Wildman–Crippen LogP) is 4.25. The van der Waals surface area contributed by atoms with Crippen LogP contribution in [0.3, 0.4) is 0 Å². The number of benzene rings is 1. The Hall–Kier alpha value is -2.66. The largest absolute Gasteiger partial charge is 0.352 e. The van der Waals surface area contributed by atoms with Crippen LogP contribution < -0.4 is 5.32 Å². The van der Waals surface area contributed by atoms with Crippen LogP contribution in [-0.4, -0.2) is 26.1 Å². The molecule has 0 bridgehead atoms. The SMILES string of the molecule is CCCN1C(=S)N[C@@H](c2ccccn2)[C@@H]1c1ccn(-c2ccccc2)c1. The van der Waals surface area contributed by atoms with Crippen LogP contribution in [0.4, 0.5) is 0 Å². The van der Waals surface area contributed by atoms with Crippen molar-refractivity contribution in [1.82, 2.24) is 19.8 Å². The molecule has 3 heterocycles. The summed E-state index contributed by atoms with van der Waals surface area (Å²) in [4.78, 5) is 6.87. The molecule has 0 unspecified atom stereocenters. The van der Waals surface area contributed by atoms with Gasteiger partial charge >= 0.3 is 0 Å². The molecule has 1 saturated heterocycles. The number of thiocarbonyl (C=S) groups is 1. The lowest BCUT2D eigenvalue weighted by Crippen LogP contribution is -2.30. The molecule has 0 radical (unpaired) electrons. The highest BCUT2D eigenvalue weighted by atomic mass is 32.1. The zero-order valence-electron chi connectivity index (χ0n) is 14.7. The lowest BCUT2D eigenvalue weighted by molar-refractivity contribution is 0.318. The topological polar surface area (TPSA) is 33.1 Å². The first-order valence-corrected chi connectivity index (χ1v) is 9.40. The van der Waals surface area contributed by atoms with Crippen molar-refractivity contribution in [3.05, 3.63) is 84.4 Å². The normalized spacial score (nSPS) is 19.6. The fourth-order valence-corrected chi connectivity index (χ4v) is 3.93. The molecule has 1 fully saturated rings. The van der Waals surface area contributed by atoms with Gasteiger partial charge in [-0.3, -0.25) is 4.98 Å². The van der Waals surface area contributed by atoms with E-state index in [1.54, 1.807) is 0 Å². The van der Waals surface area contributed by atoms with Crippen LogP contribution in [0.1, 0.15) is 36.7 Å². The summed E-state index contributed by atoms with van der Waals surface area (Å²) in [5.74, 6) is 0. The van der Waals surface area contributed by atoms with Crippen molar-refractivity contribution in [2.45, 2.75) is 25.4 Å². The summed E-state index contributed by atoms with van der Waals surface area (Å²) in [6, 6.07) is 18.8. The van der Waals surface area contributed by atoms with Gasteiger partial charge in [0.1, 0.15) is 0 Å². The fraction of sp³-hybridized carbons (Fsp3) is 0.238. The minimum absolute atomic E-state index is 0.0573. The van der Waals surface area contributed by atoms with E-state index in [2.05, 4.69) is 75.5 Å². The quantitative estimate of drug-likeness (QED) is 0.688. The third-order valence-electron chi connectivity index (χ3n) is 4.77. The van der Waals surface area contributed by atoms with E-state index in [4.69, 9.17) is 12.2 Å². The summed E-state index contributed by atoms with van der Waals surface area (Å²) in [7, 11) is 0. The van der Waals surface area contributed by atoms with Crippen molar-refractivity contribution in [3.63, 3.8) is 0 Å². The van der Waals surface area contributed by atoms with E-state index in [-0.39, 0.29) is 12.1 Å². The van der Waals surface area contributed by atoms with Gasteiger partial charge < -0.3 is 14.8 Å². The molecule has 5 heteroatoms. The van der Waals surface area contributed by atoms with E-state index in [0.717, 1.165) is 29.5 Å². The summed E-state index contributed by atoms with van der Waals surface area (Å²) >= 11 is 5.64. The second kappa shape index (κ2) is 7.30. The molecular weight excluding hydrogens is 340 g/mol. The Morgan fingerprint density at radius 1 is 1.08 bits per heavy atom. The molecule has 0 spiro atoms. The maximum Gasteiger partial charge on any atom is 0.170 e. The third kappa shape index (κ3) is 3.10. The Balaban J connectivity index is 1.72. The molecule has 0 saturated carbocycles. The van der Waals surface area contributed by atoms with Gasteiger partial charge in [-0.1, -0.05) is 31.2 Å². The number of nitrogens with zero attached hydrogens (tertiary/aromatic N) is 3. The van der Waals surface area contributed by atoms with E-state index in [1.165, 1.54) is 5.56 Å². The van der Waals surface area contributed by atoms with E-state index in [9.17, 15) is 0 Å². The predicted molar refractivity (Wildman–Crippen MR) is 108 cm³/mol. The molecule has 2 aromatic heterocycles. The lowest BCUT2D eigenvalue weighted by Gasteiger charge is -2.26. The molecule has 1 aliphatic rings. The smallest absolute Gasteiger partial charge is 0.170 e. The van der Waals surface area contributed by atoms with Gasteiger partial charge in [-0.15, -0.1) is 0 Å². The van der Waals surface area contributed by atoms with Crippen LogP contribution in [0.25, 0.3) is 5.69 Å². The number of nitrogens with one attached hydrogen (secondary N) is 1. The zero-order valence-corrected chi connectivity index (χ0v) is 15.6. The molecule has 1 aliphatic heterocycles. The Morgan fingerprint density at radius 3 is 2.62 bits per heavy atom. The second-order valence-electron chi connectivity index (χ2n) is 6.51. The Morgan fingerprint density at radius 2 is 1.88 bits per heavy atom. The van der Waals surface area contributed by atoms with E-state index in [0.29, 0.717) is 0 Å². The molecule has 26 heavy (non-hydrogen) atoms. The van der Waals surface area contributed by atoms with Gasteiger partial charge in [-0.05, 0) is 54.5 Å². The molecular formula is C21H22N4S. The number of hydrogen-bond donors (Lipinski definition) is 1. The van der Waals surface area contributed by atoms with Crippen molar-refractivity contribution in [1.29, 1.82) is 0 Å². The second-order valence-corrected chi connectivity index (χ2v) is 6.89.